The van der Waals surface area contributed by atoms with Gasteiger partial charge in [-0.2, -0.15) is 13.2 Å². The Bertz CT molecular complexity index is 1670. The van der Waals surface area contributed by atoms with Crippen LogP contribution in [0, 0.1) is 5.82 Å². The Balaban J connectivity index is 1.38. The first-order valence-electron chi connectivity index (χ1n) is 13.2. The normalized spacial score (nSPS) is 14.7. The standard InChI is InChI=1S/C30H27F4N5O/c1-39-17-36-38-28(39)24-15-21(31)10-11-23(24)19-6-5-7-20(14-19)29-37-26-13-18(16-35-22-8-3-2-4-9-22)12-25(27(26)40-29)30(32,33)34/h5-7,10-15,17,22,35H,2-4,8-9,16H2,1H3. The van der Waals surface area contributed by atoms with Crippen LogP contribution in [0.25, 0.3) is 45.1 Å². The van der Waals surface area contributed by atoms with Crippen LogP contribution in [0.5, 0.6) is 0 Å². The molecule has 0 saturated heterocycles. The highest BCUT2D eigenvalue weighted by Crippen LogP contribution is 2.39. The summed E-state index contributed by atoms with van der Waals surface area (Å²) in [4.78, 5) is 4.47. The fraction of sp³-hybridized carbons (Fsp3) is 0.300. The first-order chi connectivity index (χ1) is 19.3. The van der Waals surface area contributed by atoms with E-state index in [1.165, 1.54) is 24.9 Å². The van der Waals surface area contributed by atoms with Gasteiger partial charge in [-0.3, -0.25) is 0 Å². The van der Waals surface area contributed by atoms with E-state index in [4.69, 9.17) is 4.42 Å². The Hall–Kier alpha value is -4.05. The zero-order valence-electron chi connectivity index (χ0n) is 21.8. The maximum absolute atomic E-state index is 14.2. The molecular formula is C30H27F4N5O. The van der Waals surface area contributed by atoms with E-state index < -0.39 is 17.6 Å². The highest BCUT2D eigenvalue weighted by atomic mass is 19.4. The van der Waals surface area contributed by atoms with Gasteiger partial charge in [-0.25, -0.2) is 9.37 Å². The number of oxazole rings is 1. The summed E-state index contributed by atoms with van der Waals surface area (Å²) in [5, 5.41) is 11.4. The quantitative estimate of drug-likeness (QED) is 0.222. The zero-order valence-corrected chi connectivity index (χ0v) is 21.8. The summed E-state index contributed by atoms with van der Waals surface area (Å²) in [5.74, 6) is 0.123. The van der Waals surface area contributed by atoms with Crippen molar-refractivity contribution in [2.24, 2.45) is 7.05 Å². The second-order valence-corrected chi connectivity index (χ2v) is 10.3. The fourth-order valence-electron chi connectivity index (χ4n) is 5.40. The van der Waals surface area contributed by atoms with E-state index in [9.17, 15) is 17.6 Å². The molecule has 1 saturated carbocycles. The molecule has 5 aromatic rings. The monoisotopic (exact) mass is 549 g/mol. The topological polar surface area (TPSA) is 68.8 Å². The molecule has 1 fully saturated rings. The van der Waals surface area contributed by atoms with E-state index in [0.29, 0.717) is 46.2 Å². The number of aromatic nitrogens is 4. The lowest BCUT2D eigenvalue weighted by molar-refractivity contribution is -0.136. The first kappa shape index (κ1) is 26.2. The third kappa shape index (κ3) is 5.23. The largest absolute Gasteiger partial charge is 0.435 e. The highest BCUT2D eigenvalue weighted by Gasteiger charge is 2.35. The van der Waals surface area contributed by atoms with E-state index in [1.807, 2.05) is 6.07 Å². The van der Waals surface area contributed by atoms with Crippen LogP contribution in [-0.4, -0.2) is 25.8 Å². The maximum Gasteiger partial charge on any atom is 0.420 e. The number of hydrogen-bond donors (Lipinski definition) is 1. The summed E-state index contributed by atoms with van der Waals surface area (Å²) in [7, 11) is 1.76. The van der Waals surface area contributed by atoms with Crippen LogP contribution < -0.4 is 5.32 Å². The van der Waals surface area contributed by atoms with Crippen LogP contribution in [0.4, 0.5) is 17.6 Å². The van der Waals surface area contributed by atoms with E-state index in [1.54, 1.807) is 41.9 Å². The van der Waals surface area contributed by atoms with Crippen LogP contribution >= 0.6 is 0 Å². The lowest BCUT2D eigenvalue weighted by Crippen LogP contribution is -2.30. The molecule has 0 spiro atoms. The van der Waals surface area contributed by atoms with Gasteiger partial charge in [0.25, 0.3) is 0 Å². The Labute approximate surface area is 228 Å². The second-order valence-electron chi connectivity index (χ2n) is 10.3. The number of aryl methyl sites for hydroxylation is 1. The molecule has 6 rings (SSSR count). The predicted molar refractivity (Wildman–Crippen MR) is 144 cm³/mol. The number of hydrogen-bond acceptors (Lipinski definition) is 5. The minimum absolute atomic E-state index is 0.0714. The molecule has 1 N–H and O–H groups in total. The molecule has 0 atom stereocenters. The summed E-state index contributed by atoms with van der Waals surface area (Å²) in [6.45, 7) is 0.330. The number of fused-ring (bicyclic) bond motifs is 1. The van der Waals surface area contributed by atoms with Crippen LogP contribution in [0.3, 0.4) is 0 Å². The number of alkyl halides is 3. The van der Waals surface area contributed by atoms with Gasteiger partial charge in [0.15, 0.2) is 11.4 Å². The maximum atomic E-state index is 14.2. The van der Waals surface area contributed by atoms with Crippen molar-refractivity contribution in [3.8, 4) is 34.0 Å². The average molecular weight is 550 g/mol. The summed E-state index contributed by atoms with van der Waals surface area (Å²) < 4.78 is 63.9. The highest BCUT2D eigenvalue weighted by molar-refractivity contribution is 5.84. The average Bonchev–Trinajstić information content (AvgIpc) is 3.57. The molecule has 2 heterocycles. The zero-order chi connectivity index (χ0) is 27.9. The second kappa shape index (κ2) is 10.5. The Kier molecular flexibility index (Phi) is 6.87. The lowest BCUT2D eigenvalue weighted by Gasteiger charge is -2.23. The summed E-state index contributed by atoms with van der Waals surface area (Å²) in [5.41, 5.74) is 1.94. The minimum atomic E-state index is -4.60. The molecule has 3 aromatic carbocycles. The molecule has 0 unspecified atom stereocenters. The van der Waals surface area contributed by atoms with Crippen molar-refractivity contribution in [2.45, 2.75) is 50.9 Å². The molecule has 0 aliphatic heterocycles. The summed E-state index contributed by atoms with van der Waals surface area (Å²) in [6, 6.07) is 14.5. The molecule has 2 aromatic heterocycles. The van der Waals surface area contributed by atoms with Crippen molar-refractivity contribution in [2.75, 3.05) is 0 Å². The molecule has 206 valence electrons. The Morgan fingerprint density at radius 3 is 2.52 bits per heavy atom. The van der Waals surface area contributed by atoms with E-state index in [2.05, 4.69) is 20.5 Å². The van der Waals surface area contributed by atoms with Gasteiger partial charge in [-0.1, -0.05) is 37.5 Å². The molecule has 1 aliphatic rings. The smallest absolute Gasteiger partial charge is 0.420 e. The lowest BCUT2D eigenvalue weighted by atomic mass is 9.95. The van der Waals surface area contributed by atoms with Crippen molar-refractivity contribution < 1.29 is 22.0 Å². The molecule has 6 nitrogen and oxygen atoms in total. The number of halogens is 4. The summed E-state index contributed by atoms with van der Waals surface area (Å²) >= 11 is 0. The molecule has 1 aliphatic carbocycles. The minimum Gasteiger partial charge on any atom is -0.435 e. The Morgan fingerprint density at radius 2 is 1.77 bits per heavy atom. The van der Waals surface area contributed by atoms with Gasteiger partial charge >= 0.3 is 6.18 Å². The van der Waals surface area contributed by atoms with E-state index >= 15 is 0 Å². The first-order valence-corrected chi connectivity index (χ1v) is 13.2. The molecule has 10 heteroatoms. The fourth-order valence-corrected chi connectivity index (χ4v) is 5.40. The van der Waals surface area contributed by atoms with Crippen molar-refractivity contribution in [3.63, 3.8) is 0 Å². The SMILES string of the molecule is Cn1cnnc1-c1cc(F)ccc1-c1cccc(-c2nc3cc(CNC4CCCCC4)cc(C(F)(F)F)c3o2)c1. The third-order valence-electron chi connectivity index (χ3n) is 7.41. The third-order valence-corrected chi connectivity index (χ3v) is 7.41. The van der Waals surface area contributed by atoms with Crippen LogP contribution in [0.15, 0.2) is 65.3 Å². The van der Waals surface area contributed by atoms with Crippen molar-refractivity contribution in [1.82, 2.24) is 25.1 Å². The van der Waals surface area contributed by atoms with Crippen molar-refractivity contribution in [1.29, 1.82) is 0 Å². The van der Waals surface area contributed by atoms with Gasteiger partial charge < -0.3 is 14.3 Å². The molecular weight excluding hydrogens is 522 g/mol. The molecule has 0 amide bonds. The Morgan fingerprint density at radius 1 is 0.975 bits per heavy atom. The van der Waals surface area contributed by atoms with Gasteiger partial charge in [0.2, 0.25) is 5.89 Å². The van der Waals surface area contributed by atoms with Crippen LogP contribution in [-0.2, 0) is 19.8 Å². The van der Waals surface area contributed by atoms with Crippen molar-refractivity contribution in [3.05, 3.63) is 77.9 Å². The van der Waals surface area contributed by atoms with E-state index in [0.717, 1.165) is 31.7 Å². The van der Waals surface area contributed by atoms with Gasteiger partial charge in [-0.05, 0) is 65.9 Å². The van der Waals surface area contributed by atoms with E-state index in [-0.39, 0.29) is 17.0 Å². The van der Waals surface area contributed by atoms with Crippen LogP contribution in [0.2, 0.25) is 0 Å². The number of rotatable bonds is 6. The predicted octanol–water partition coefficient (Wildman–Crippen LogP) is 7.54. The number of nitrogens with zero attached hydrogens (tertiary/aromatic N) is 4. The number of benzene rings is 3. The van der Waals surface area contributed by atoms with Crippen LogP contribution in [0.1, 0.15) is 43.2 Å². The van der Waals surface area contributed by atoms with Gasteiger partial charge in [-0.15, -0.1) is 10.2 Å². The molecule has 0 radical (unpaired) electrons. The van der Waals surface area contributed by atoms with Gasteiger partial charge in [0.1, 0.15) is 23.2 Å². The van der Waals surface area contributed by atoms with Gasteiger partial charge in [0.05, 0.1) is 0 Å². The molecule has 40 heavy (non-hydrogen) atoms. The van der Waals surface area contributed by atoms with Gasteiger partial charge in [0, 0.05) is 30.8 Å². The molecule has 0 bridgehead atoms. The number of nitrogens with one attached hydrogen (secondary N) is 1. The van der Waals surface area contributed by atoms with Crippen molar-refractivity contribution >= 4 is 11.1 Å². The summed E-state index contributed by atoms with van der Waals surface area (Å²) in [6.07, 6.45) is 2.46.